The second kappa shape index (κ2) is 12.0. The number of aromatic nitrogens is 2. The van der Waals surface area contributed by atoms with Crippen LogP contribution >= 0.6 is 24.0 Å². The minimum atomic E-state index is -3.22. The summed E-state index contributed by atoms with van der Waals surface area (Å²) >= 11 is 0. The van der Waals surface area contributed by atoms with E-state index < -0.39 is 15.7 Å². The molecule has 7 nitrogen and oxygen atoms in total. The van der Waals surface area contributed by atoms with E-state index in [0.717, 1.165) is 18.4 Å². The Kier molecular flexibility index (Phi) is 9.63. The molecule has 3 aromatic rings. The van der Waals surface area contributed by atoms with E-state index in [2.05, 4.69) is 32.9 Å². The minimum Gasteiger partial charge on any atom is -0.356 e. The molecule has 1 aromatic heterocycles. The maximum Gasteiger partial charge on any atom is 0.191 e. The van der Waals surface area contributed by atoms with Crippen LogP contribution in [0.1, 0.15) is 16.7 Å². The topological polar surface area (TPSA) is 88.4 Å². The molecule has 3 rings (SSSR count). The van der Waals surface area contributed by atoms with Crippen LogP contribution in [0.3, 0.4) is 0 Å². The van der Waals surface area contributed by atoms with Gasteiger partial charge in [-0.1, -0.05) is 18.2 Å². The van der Waals surface area contributed by atoms with Gasteiger partial charge in [0.1, 0.15) is 5.82 Å². The zero-order valence-electron chi connectivity index (χ0n) is 18.0. The lowest BCUT2D eigenvalue weighted by atomic mass is 10.1. The first-order valence-electron chi connectivity index (χ1n) is 9.82. The van der Waals surface area contributed by atoms with Crippen molar-refractivity contribution in [2.24, 2.45) is 4.99 Å². The molecule has 0 aliphatic rings. The first kappa shape index (κ1) is 25.8. The van der Waals surface area contributed by atoms with Crippen molar-refractivity contribution in [2.45, 2.75) is 18.7 Å². The normalized spacial score (nSPS) is 11.7. The summed E-state index contributed by atoms with van der Waals surface area (Å²) in [6.45, 7) is 0.918. The molecule has 0 amide bonds. The standard InChI is InChI=1S/C22H26FN5O2S.HI/c1-24-22(26-15-19-14-20(23)7-6-18(19)16-31(2,29)30)25-12-10-17-4-8-21(9-5-17)28-13-3-11-27-28;/h3-9,11,13-14H,10,12,15-16H2,1-2H3,(H2,24,25,26);1H. The molecule has 0 bridgehead atoms. The van der Waals surface area contributed by atoms with Crippen molar-refractivity contribution in [1.82, 2.24) is 20.4 Å². The Hall–Kier alpha value is -2.47. The molecule has 2 aromatic carbocycles. The average Bonchev–Trinajstić information content (AvgIpc) is 3.27. The molecule has 0 saturated carbocycles. The SMILES string of the molecule is CN=C(NCCc1ccc(-n2cccn2)cc1)NCc1cc(F)ccc1CS(C)(=O)=O.I. The predicted octanol–water partition coefficient (Wildman–Crippen LogP) is 3.08. The van der Waals surface area contributed by atoms with E-state index in [1.807, 2.05) is 24.4 Å². The van der Waals surface area contributed by atoms with E-state index in [-0.39, 0.29) is 36.3 Å². The summed E-state index contributed by atoms with van der Waals surface area (Å²) in [6.07, 6.45) is 5.59. The highest BCUT2D eigenvalue weighted by molar-refractivity contribution is 14.0. The van der Waals surface area contributed by atoms with Crippen molar-refractivity contribution in [2.75, 3.05) is 19.8 Å². The molecule has 0 unspecified atom stereocenters. The van der Waals surface area contributed by atoms with Gasteiger partial charge in [0.15, 0.2) is 15.8 Å². The van der Waals surface area contributed by atoms with Crippen LogP contribution in [-0.2, 0) is 28.6 Å². The lowest BCUT2D eigenvalue weighted by Gasteiger charge is -2.14. The number of benzene rings is 2. The van der Waals surface area contributed by atoms with E-state index in [4.69, 9.17) is 0 Å². The third kappa shape index (κ3) is 7.90. The Bertz CT molecular complexity index is 1130. The van der Waals surface area contributed by atoms with Gasteiger partial charge in [0, 0.05) is 38.8 Å². The second-order valence-electron chi connectivity index (χ2n) is 7.20. The molecule has 0 radical (unpaired) electrons. The first-order chi connectivity index (χ1) is 14.8. The summed E-state index contributed by atoms with van der Waals surface area (Å²) in [5.74, 6) is 0.0171. The molecular formula is C22H27FIN5O2S. The Balaban J connectivity index is 0.00000363. The van der Waals surface area contributed by atoms with Crippen LogP contribution in [0.5, 0.6) is 0 Å². The maximum absolute atomic E-state index is 13.7. The van der Waals surface area contributed by atoms with E-state index in [1.165, 1.54) is 23.8 Å². The van der Waals surface area contributed by atoms with Crippen LogP contribution in [0.2, 0.25) is 0 Å². The Morgan fingerprint density at radius 1 is 1.12 bits per heavy atom. The largest absolute Gasteiger partial charge is 0.356 e. The average molecular weight is 571 g/mol. The summed E-state index contributed by atoms with van der Waals surface area (Å²) in [6, 6.07) is 14.2. The van der Waals surface area contributed by atoms with E-state index in [9.17, 15) is 12.8 Å². The molecular weight excluding hydrogens is 544 g/mol. The van der Waals surface area contributed by atoms with E-state index in [0.29, 0.717) is 23.6 Å². The molecule has 2 N–H and O–H groups in total. The van der Waals surface area contributed by atoms with Gasteiger partial charge in [0.05, 0.1) is 11.4 Å². The van der Waals surface area contributed by atoms with Gasteiger partial charge in [0.2, 0.25) is 0 Å². The van der Waals surface area contributed by atoms with Crippen molar-refractivity contribution in [1.29, 1.82) is 0 Å². The van der Waals surface area contributed by atoms with Crippen LogP contribution in [-0.4, -0.2) is 44.0 Å². The lowest BCUT2D eigenvalue weighted by Crippen LogP contribution is -2.38. The third-order valence-electron chi connectivity index (χ3n) is 4.67. The quantitative estimate of drug-likeness (QED) is 0.247. The van der Waals surface area contributed by atoms with Gasteiger partial charge in [-0.2, -0.15) is 5.10 Å². The molecule has 10 heteroatoms. The summed E-state index contributed by atoms with van der Waals surface area (Å²) in [4.78, 5) is 4.18. The molecule has 0 aliphatic carbocycles. The number of rotatable bonds is 8. The molecule has 0 aliphatic heterocycles. The van der Waals surface area contributed by atoms with Crippen molar-refractivity contribution in [3.63, 3.8) is 0 Å². The molecule has 172 valence electrons. The highest BCUT2D eigenvalue weighted by Gasteiger charge is 2.11. The minimum absolute atomic E-state index is 0. The number of halogens is 2. The zero-order chi connectivity index (χ0) is 22.3. The number of nitrogens with zero attached hydrogens (tertiary/aromatic N) is 3. The number of hydrogen-bond acceptors (Lipinski definition) is 4. The van der Waals surface area contributed by atoms with Crippen LogP contribution in [0.4, 0.5) is 4.39 Å². The van der Waals surface area contributed by atoms with Gasteiger partial charge in [-0.3, -0.25) is 4.99 Å². The molecule has 0 fully saturated rings. The van der Waals surface area contributed by atoms with Crippen LogP contribution < -0.4 is 10.6 Å². The van der Waals surface area contributed by atoms with Crippen LogP contribution in [0, 0.1) is 5.82 Å². The fourth-order valence-electron chi connectivity index (χ4n) is 3.14. The molecule has 0 saturated heterocycles. The number of guanidine groups is 1. The van der Waals surface area contributed by atoms with Crippen molar-refractivity contribution in [3.05, 3.63) is 83.4 Å². The van der Waals surface area contributed by atoms with Gasteiger partial charge < -0.3 is 10.6 Å². The molecule has 0 atom stereocenters. The van der Waals surface area contributed by atoms with E-state index >= 15 is 0 Å². The molecule has 0 spiro atoms. The second-order valence-corrected chi connectivity index (χ2v) is 9.34. The first-order valence-corrected chi connectivity index (χ1v) is 11.9. The van der Waals surface area contributed by atoms with Crippen molar-refractivity contribution in [3.8, 4) is 5.69 Å². The Morgan fingerprint density at radius 3 is 2.50 bits per heavy atom. The number of aliphatic imine (C=N–C) groups is 1. The summed E-state index contributed by atoms with van der Waals surface area (Å²) in [5.41, 5.74) is 3.32. The Morgan fingerprint density at radius 2 is 1.88 bits per heavy atom. The number of hydrogen-bond donors (Lipinski definition) is 2. The monoisotopic (exact) mass is 571 g/mol. The fourth-order valence-corrected chi connectivity index (χ4v) is 3.99. The van der Waals surface area contributed by atoms with Crippen LogP contribution in [0.25, 0.3) is 5.69 Å². The Labute approximate surface area is 205 Å². The predicted molar refractivity (Wildman–Crippen MR) is 136 cm³/mol. The van der Waals surface area contributed by atoms with Gasteiger partial charge >= 0.3 is 0 Å². The van der Waals surface area contributed by atoms with Crippen molar-refractivity contribution >= 4 is 39.8 Å². The highest BCUT2D eigenvalue weighted by atomic mass is 127. The molecule has 32 heavy (non-hydrogen) atoms. The van der Waals surface area contributed by atoms with Crippen LogP contribution in [0.15, 0.2) is 65.9 Å². The van der Waals surface area contributed by atoms with Gasteiger partial charge in [-0.05, 0) is 53.4 Å². The van der Waals surface area contributed by atoms with E-state index in [1.54, 1.807) is 17.9 Å². The summed E-state index contributed by atoms with van der Waals surface area (Å²) in [5, 5.41) is 10.6. The summed E-state index contributed by atoms with van der Waals surface area (Å²) < 4.78 is 38.8. The zero-order valence-corrected chi connectivity index (χ0v) is 21.1. The highest BCUT2D eigenvalue weighted by Crippen LogP contribution is 2.14. The van der Waals surface area contributed by atoms with Crippen molar-refractivity contribution < 1.29 is 12.8 Å². The fraction of sp³-hybridized carbons (Fsp3) is 0.273. The number of nitrogens with one attached hydrogen (secondary N) is 2. The van der Waals surface area contributed by atoms with Gasteiger partial charge in [0.25, 0.3) is 0 Å². The van der Waals surface area contributed by atoms with Gasteiger partial charge in [-0.15, -0.1) is 24.0 Å². The van der Waals surface area contributed by atoms with Gasteiger partial charge in [-0.25, -0.2) is 17.5 Å². The smallest absolute Gasteiger partial charge is 0.191 e. The third-order valence-corrected chi connectivity index (χ3v) is 5.50. The maximum atomic E-state index is 13.7. The summed E-state index contributed by atoms with van der Waals surface area (Å²) in [7, 11) is -1.57. The molecule has 1 heterocycles. The lowest BCUT2D eigenvalue weighted by molar-refractivity contribution is 0.599. The number of sulfone groups is 1.